The highest BCUT2D eigenvalue weighted by Gasteiger charge is 2.23. The van der Waals surface area contributed by atoms with Crippen LogP contribution in [0, 0.1) is 5.82 Å². The summed E-state index contributed by atoms with van der Waals surface area (Å²) >= 11 is 0. The number of hydrogen-bond donors (Lipinski definition) is 0. The molecule has 0 spiro atoms. The molecule has 0 amide bonds. The molecule has 3 rings (SSSR count). The minimum absolute atomic E-state index is 0.146. The molecule has 0 saturated carbocycles. The maximum atomic E-state index is 13.2. The second kappa shape index (κ2) is 8.91. The highest BCUT2D eigenvalue weighted by molar-refractivity contribution is 5.69. The average molecular weight is 362 g/mol. The van der Waals surface area contributed by atoms with E-state index in [0.29, 0.717) is 19.8 Å². The Kier molecular flexibility index (Phi) is 6.35. The Morgan fingerprint density at radius 2 is 2.00 bits per heavy atom. The van der Waals surface area contributed by atoms with Gasteiger partial charge in [0.1, 0.15) is 18.1 Å². The van der Waals surface area contributed by atoms with Crippen LogP contribution in [-0.2, 0) is 38.5 Å². The smallest absolute Gasteiger partial charge is 0.308 e. The normalized spacial score (nSPS) is 13.0. The summed E-state index contributed by atoms with van der Waals surface area (Å²) in [6.45, 7) is 1.42. The highest BCUT2D eigenvalue weighted by Crippen LogP contribution is 2.28. The molecule has 0 saturated heterocycles. The lowest BCUT2D eigenvalue weighted by Crippen LogP contribution is -2.11. The van der Waals surface area contributed by atoms with Gasteiger partial charge >= 0.3 is 5.97 Å². The lowest BCUT2D eigenvalue weighted by Gasteiger charge is -2.06. The fourth-order valence-corrected chi connectivity index (χ4v) is 3.05. The van der Waals surface area contributed by atoms with Crippen LogP contribution < -0.4 is 0 Å². The Balaban J connectivity index is 1.60. The van der Waals surface area contributed by atoms with Gasteiger partial charge in [-0.2, -0.15) is 5.10 Å². The first-order valence-corrected chi connectivity index (χ1v) is 8.77. The molecule has 1 aromatic heterocycles. The van der Waals surface area contributed by atoms with Gasteiger partial charge in [-0.05, 0) is 43.5 Å². The zero-order valence-corrected chi connectivity index (χ0v) is 14.9. The number of methoxy groups -OCH3 is 1. The molecule has 0 N–H and O–H groups in total. The third-order valence-corrected chi connectivity index (χ3v) is 4.34. The zero-order chi connectivity index (χ0) is 18.4. The number of halogens is 1. The van der Waals surface area contributed by atoms with Crippen LogP contribution >= 0.6 is 0 Å². The van der Waals surface area contributed by atoms with Gasteiger partial charge in [-0.3, -0.25) is 4.79 Å². The summed E-state index contributed by atoms with van der Waals surface area (Å²) in [4.78, 5) is 11.9. The van der Waals surface area contributed by atoms with Gasteiger partial charge in [-0.15, -0.1) is 0 Å². The minimum atomic E-state index is -0.314. The summed E-state index contributed by atoms with van der Waals surface area (Å²) < 4.78 is 30.5. The van der Waals surface area contributed by atoms with E-state index in [-0.39, 0.29) is 24.8 Å². The summed E-state index contributed by atoms with van der Waals surface area (Å²) in [7, 11) is 1.60. The van der Waals surface area contributed by atoms with Crippen LogP contribution in [0.2, 0.25) is 0 Å². The van der Waals surface area contributed by atoms with E-state index in [9.17, 15) is 9.18 Å². The minimum Gasteiger partial charge on any atom is -0.459 e. The summed E-state index contributed by atoms with van der Waals surface area (Å²) in [5.74, 6) is -0.593. The van der Waals surface area contributed by atoms with Crippen LogP contribution in [0.25, 0.3) is 5.69 Å². The van der Waals surface area contributed by atoms with Gasteiger partial charge in [0.05, 0.1) is 31.9 Å². The van der Waals surface area contributed by atoms with Gasteiger partial charge in [0.15, 0.2) is 0 Å². The number of benzene rings is 1. The zero-order valence-electron chi connectivity index (χ0n) is 14.9. The number of rotatable bonds is 9. The Labute approximate surface area is 151 Å². The van der Waals surface area contributed by atoms with Crippen molar-refractivity contribution in [2.24, 2.45) is 0 Å². The monoisotopic (exact) mass is 362 g/mol. The lowest BCUT2D eigenvalue weighted by atomic mass is 10.2. The third kappa shape index (κ3) is 4.47. The topological polar surface area (TPSA) is 62.6 Å². The van der Waals surface area contributed by atoms with Crippen LogP contribution in [0.3, 0.4) is 0 Å². The number of aromatic nitrogens is 2. The summed E-state index contributed by atoms with van der Waals surface area (Å²) in [5.41, 5.74) is 3.84. The maximum absolute atomic E-state index is 13.2. The predicted octanol–water partition coefficient (Wildman–Crippen LogP) is 2.60. The van der Waals surface area contributed by atoms with Crippen LogP contribution in [0.5, 0.6) is 0 Å². The molecule has 0 aliphatic heterocycles. The van der Waals surface area contributed by atoms with Crippen molar-refractivity contribution in [2.75, 3.05) is 26.9 Å². The van der Waals surface area contributed by atoms with Gasteiger partial charge < -0.3 is 14.2 Å². The summed E-state index contributed by atoms with van der Waals surface area (Å²) in [5, 5.41) is 4.59. The van der Waals surface area contributed by atoms with Crippen molar-refractivity contribution in [3.05, 3.63) is 47.0 Å². The van der Waals surface area contributed by atoms with Gasteiger partial charge in [0, 0.05) is 18.4 Å². The molecule has 7 heteroatoms. The number of hydrogen-bond acceptors (Lipinski definition) is 5. The van der Waals surface area contributed by atoms with E-state index in [1.165, 1.54) is 12.1 Å². The molecule has 140 valence electrons. The average Bonchev–Trinajstić information content (AvgIpc) is 3.24. The van der Waals surface area contributed by atoms with E-state index in [4.69, 9.17) is 14.2 Å². The fourth-order valence-electron chi connectivity index (χ4n) is 3.05. The molecule has 6 nitrogen and oxygen atoms in total. The largest absolute Gasteiger partial charge is 0.459 e. The quantitative estimate of drug-likeness (QED) is 0.507. The number of carbonyl (C=O) groups is 1. The fraction of sp³-hybridized carbons (Fsp3) is 0.474. The van der Waals surface area contributed by atoms with E-state index in [2.05, 4.69) is 5.10 Å². The number of esters is 1. The van der Waals surface area contributed by atoms with Crippen molar-refractivity contribution in [1.29, 1.82) is 0 Å². The second-order valence-electron chi connectivity index (χ2n) is 6.13. The van der Waals surface area contributed by atoms with Gasteiger partial charge in [-0.25, -0.2) is 9.07 Å². The molecule has 0 bridgehead atoms. The first kappa shape index (κ1) is 18.5. The standard InChI is InChI=1S/C19H23FN2O4/c1-24-11-12-25-10-9-19(23)26-13-17-16-3-2-4-18(16)22(21-17)15-7-5-14(20)6-8-15/h5-8H,2-4,9-13H2,1H3. The van der Waals surface area contributed by atoms with E-state index < -0.39 is 0 Å². The molecule has 0 unspecified atom stereocenters. The number of nitrogens with zero attached hydrogens (tertiary/aromatic N) is 2. The molecular weight excluding hydrogens is 339 g/mol. The van der Waals surface area contributed by atoms with Crippen LogP contribution in [0.15, 0.2) is 24.3 Å². The molecule has 0 atom stereocenters. The Hall–Kier alpha value is -2.25. The molecule has 1 aliphatic carbocycles. The molecule has 1 heterocycles. The van der Waals surface area contributed by atoms with Crippen molar-refractivity contribution in [3.8, 4) is 5.69 Å². The molecule has 26 heavy (non-hydrogen) atoms. The van der Waals surface area contributed by atoms with E-state index in [0.717, 1.165) is 41.9 Å². The highest BCUT2D eigenvalue weighted by atomic mass is 19.1. The molecule has 0 radical (unpaired) electrons. The molecule has 0 fully saturated rings. The van der Waals surface area contributed by atoms with Crippen molar-refractivity contribution < 1.29 is 23.4 Å². The summed E-state index contributed by atoms with van der Waals surface area (Å²) in [6, 6.07) is 6.24. The van der Waals surface area contributed by atoms with Crippen LogP contribution in [0.4, 0.5) is 4.39 Å². The first-order valence-electron chi connectivity index (χ1n) is 8.77. The van der Waals surface area contributed by atoms with Gasteiger partial charge in [-0.1, -0.05) is 0 Å². The van der Waals surface area contributed by atoms with E-state index >= 15 is 0 Å². The number of carbonyl (C=O) groups excluding carboxylic acids is 1. The number of ether oxygens (including phenoxy) is 3. The molecule has 1 aliphatic rings. The predicted molar refractivity (Wildman–Crippen MR) is 92.7 cm³/mol. The van der Waals surface area contributed by atoms with Crippen molar-refractivity contribution in [1.82, 2.24) is 9.78 Å². The third-order valence-electron chi connectivity index (χ3n) is 4.34. The number of fused-ring (bicyclic) bond motifs is 1. The molecule has 1 aromatic carbocycles. The Bertz CT molecular complexity index is 743. The van der Waals surface area contributed by atoms with Crippen LogP contribution in [-0.4, -0.2) is 42.7 Å². The SMILES string of the molecule is COCCOCCC(=O)OCc1nn(-c2ccc(F)cc2)c2c1CCC2. The van der Waals surface area contributed by atoms with E-state index in [1.807, 2.05) is 4.68 Å². The van der Waals surface area contributed by atoms with E-state index in [1.54, 1.807) is 19.2 Å². The maximum Gasteiger partial charge on any atom is 0.308 e. The lowest BCUT2D eigenvalue weighted by molar-refractivity contribution is -0.146. The van der Waals surface area contributed by atoms with Crippen molar-refractivity contribution in [2.45, 2.75) is 32.3 Å². The van der Waals surface area contributed by atoms with Crippen LogP contribution in [0.1, 0.15) is 29.8 Å². The Morgan fingerprint density at radius 3 is 2.77 bits per heavy atom. The Morgan fingerprint density at radius 1 is 1.19 bits per heavy atom. The molecule has 2 aromatic rings. The molecular formula is C19H23FN2O4. The summed E-state index contributed by atoms with van der Waals surface area (Å²) in [6.07, 6.45) is 3.08. The first-order chi connectivity index (χ1) is 12.7. The van der Waals surface area contributed by atoms with Gasteiger partial charge in [0.2, 0.25) is 0 Å². The second-order valence-corrected chi connectivity index (χ2v) is 6.13. The van der Waals surface area contributed by atoms with Gasteiger partial charge in [0.25, 0.3) is 0 Å². The van der Waals surface area contributed by atoms with Crippen molar-refractivity contribution >= 4 is 5.97 Å². The van der Waals surface area contributed by atoms with Crippen molar-refractivity contribution in [3.63, 3.8) is 0 Å².